The average Bonchev–Trinajstić information content (AvgIpc) is 2.18. The molecule has 1 aromatic rings. The number of carbonyl (C=O) groups is 2. The number of hydrogen-bond donors (Lipinski definition) is 3. The van der Waals surface area contributed by atoms with E-state index in [1.54, 1.807) is 0 Å². The summed E-state index contributed by atoms with van der Waals surface area (Å²) in [7, 11) is 0. The van der Waals surface area contributed by atoms with Crippen molar-refractivity contribution < 1.29 is 14.7 Å². The largest absolute Gasteiger partial charge is 0.480 e. The number of aromatic nitrogens is 1. The maximum absolute atomic E-state index is 11.4. The van der Waals surface area contributed by atoms with E-state index < -0.39 is 23.5 Å². The fraction of sp³-hybridized carbons (Fsp3) is 0.222. The highest BCUT2D eigenvalue weighted by atomic mass is 16.4. The molecule has 0 aliphatic heterocycles. The first-order chi connectivity index (χ1) is 7.02. The van der Waals surface area contributed by atoms with E-state index in [2.05, 4.69) is 10.3 Å². The van der Waals surface area contributed by atoms with Gasteiger partial charge < -0.3 is 15.4 Å². The Balaban J connectivity index is 2.83. The molecule has 0 spiro atoms. The van der Waals surface area contributed by atoms with Gasteiger partial charge in [0.2, 0.25) is 0 Å². The molecule has 0 aromatic carbocycles. The normalized spacial score (nSPS) is 11.8. The molecular formula is C9H10N2O4. The van der Waals surface area contributed by atoms with Crippen molar-refractivity contribution in [3.8, 4) is 0 Å². The minimum absolute atomic E-state index is 0.106. The van der Waals surface area contributed by atoms with Gasteiger partial charge >= 0.3 is 5.97 Å². The summed E-state index contributed by atoms with van der Waals surface area (Å²) >= 11 is 0. The Morgan fingerprint density at radius 3 is 2.73 bits per heavy atom. The van der Waals surface area contributed by atoms with Gasteiger partial charge in [0.1, 0.15) is 11.6 Å². The third-order valence-electron chi connectivity index (χ3n) is 1.78. The van der Waals surface area contributed by atoms with Gasteiger partial charge in [0.15, 0.2) is 0 Å². The Hall–Kier alpha value is -2.11. The van der Waals surface area contributed by atoms with Crippen molar-refractivity contribution in [2.24, 2.45) is 0 Å². The van der Waals surface area contributed by atoms with Crippen LogP contribution in [0.15, 0.2) is 23.1 Å². The molecule has 3 N–H and O–H groups in total. The third kappa shape index (κ3) is 2.67. The monoisotopic (exact) mass is 210 g/mol. The van der Waals surface area contributed by atoms with E-state index in [0.717, 1.165) is 0 Å². The van der Waals surface area contributed by atoms with Gasteiger partial charge in [-0.15, -0.1) is 0 Å². The van der Waals surface area contributed by atoms with E-state index in [1.807, 2.05) is 0 Å². The molecule has 6 nitrogen and oxygen atoms in total. The Morgan fingerprint density at radius 1 is 1.53 bits per heavy atom. The number of carboxylic acids is 1. The van der Waals surface area contributed by atoms with Gasteiger partial charge in [0.25, 0.3) is 11.5 Å². The molecule has 0 saturated heterocycles. The molecule has 1 amide bonds. The van der Waals surface area contributed by atoms with Gasteiger partial charge in [-0.25, -0.2) is 0 Å². The minimum Gasteiger partial charge on any atom is -0.480 e. The second-order valence-corrected chi connectivity index (χ2v) is 2.95. The molecular weight excluding hydrogens is 200 g/mol. The second kappa shape index (κ2) is 4.41. The summed E-state index contributed by atoms with van der Waals surface area (Å²) in [6, 6.07) is 1.78. The van der Waals surface area contributed by atoms with Crippen LogP contribution >= 0.6 is 0 Å². The molecule has 1 aromatic heterocycles. The number of rotatable bonds is 3. The van der Waals surface area contributed by atoms with Gasteiger partial charge in [-0.05, 0) is 19.1 Å². The summed E-state index contributed by atoms with van der Waals surface area (Å²) in [5.41, 5.74) is -0.654. The maximum atomic E-state index is 11.4. The molecule has 0 saturated carbocycles. The molecule has 0 bridgehead atoms. The summed E-state index contributed by atoms with van der Waals surface area (Å²) in [5.74, 6) is -1.86. The van der Waals surface area contributed by atoms with Crippen LogP contribution < -0.4 is 10.9 Å². The zero-order valence-corrected chi connectivity index (χ0v) is 7.98. The molecule has 0 aliphatic carbocycles. The fourth-order valence-corrected chi connectivity index (χ4v) is 0.937. The SMILES string of the molecule is C[C@H](NC(=O)c1ccc[nH]c1=O)C(=O)O. The van der Waals surface area contributed by atoms with Crippen LogP contribution in [-0.2, 0) is 4.79 Å². The highest BCUT2D eigenvalue weighted by Gasteiger charge is 2.16. The van der Waals surface area contributed by atoms with Crippen molar-refractivity contribution in [2.45, 2.75) is 13.0 Å². The van der Waals surface area contributed by atoms with E-state index >= 15 is 0 Å². The Bertz CT molecular complexity index is 438. The van der Waals surface area contributed by atoms with Crippen LogP contribution in [0.3, 0.4) is 0 Å². The molecule has 0 unspecified atom stereocenters. The van der Waals surface area contributed by atoms with Crippen LogP contribution in [-0.4, -0.2) is 28.0 Å². The lowest BCUT2D eigenvalue weighted by Crippen LogP contribution is -2.40. The van der Waals surface area contributed by atoms with Crippen LogP contribution in [0.2, 0.25) is 0 Å². The van der Waals surface area contributed by atoms with Crippen molar-refractivity contribution in [3.05, 3.63) is 34.2 Å². The highest BCUT2D eigenvalue weighted by Crippen LogP contribution is 1.91. The molecule has 0 fully saturated rings. The lowest BCUT2D eigenvalue weighted by Gasteiger charge is -2.07. The Kier molecular flexibility index (Phi) is 3.22. The second-order valence-electron chi connectivity index (χ2n) is 2.95. The van der Waals surface area contributed by atoms with Crippen LogP contribution in [0.25, 0.3) is 0 Å². The average molecular weight is 210 g/mol. The summed E-state index contributed by atoms with van der Waals surface area (Å²) in [4.78, 5) is 35.3. The van der Waals surface area contributed by atoms with E-state index in [4.69, 9.17) is 5.11 Å². The van der Waals surface area contributed by atoms with Crippen LogP contribution in [0.5, 0.6) is 0 Å². The summed E-state index contributed by atoms with van der Waals surface area (Å²) in [6.45, 7) is 1.32. The zero-order valence-electron chi connectivity index (χ0n) is 7.98. The number of H-pyrrole nitrogens is 1. The predicted molar refractivity (Wildman–Crippen MR) is 51.6 cm³/mol. The molecule has 1 rings (SSSR count). The van der Waals surface area contributed by atoms with Crippen molar-refractivity contribution in [2.75, 3.05) is 0 Å². The van der Waals surface area contributed by atoms with E-state index in [0.29, 0.717) is 0 Å². The molecule has 1 atom stereocenters. The highest BCUT2D eigenvalue weighted by molar-refractivity contribution is 5.96. The number of hydrogen-bond acceptors (Lipinski definition) is 3. The number of carbonyl (C=O) groups excluding carboxylic acids is 1. The summed E-state index contributed by atoms with van der Waals surface area (Å²) < 4.78 is 0. The van der Waals surface area contributed by atoms with Crippen LogP contribution in [0, 0.1) is 0 Å². The fourth-order valence-electron chi connectivity index (χ4n) is 0.937. The lowest BCUT2D eigenvalue weighted by atomic mass is 10.2. The van der Waals surface area contributed by atoms with Gasteiger partial charge in [0.05, 0.1) is 0 Å². The Labute approximate surface area is 84.9 Å². The minimum atomic E-state index is -1.16. The number of amides is 1. The van der Waals surface area contributed by atoms with Crippen molar-refractivity contribution in [1.82, 2.24) is 10.3 Å². The third-order valence-corrected chi connectivity index (χ3v) is 1.78. The van der Waals surface area contributed by atoms with Gasteiger partial charge in [-0.2, -0.15) is 0 Å². The molecule has 6 heteroatoms. The first-order valence-electron chi connectivity index (χ1n) is 4.23. The summed E-state index contributed by atoms with van der Waals surface area (Å²) in [6.07, 6.45) is 1.39. The lowest BCUT2D eigenvalue weighted by molar-refractivity contribution is -0.138. The van der Waals surface area contributed by atoms with Crippen molar-refractivity contribution in [3.63, 3.8) is 0 Å². The number of nitrogens with one attached hydrogen (secondary N) is 2. The first kappa shape index (κ1) is 11.0. The Morgan fingerprint density at radius 2 is 2.20 bits per heavy atom. The van der Waals surface area contributed by atoms with E-state index in [-0.39, 0.29) is 5.56 Å². The van der Waals surface area contributed by atoms with Gasteiger partial charge in [-0.3, -0.25) is 14.4 Å². The number of aliphatic carboxylic acids is 1. The molecule has 80 valence electrons. The number of pyridine rings is 1. The number of aromatic amines is 1. The zero-order chi connectivity index (χ0) is 11.4. The van der Waals surface area contributed by atoms with Crippen molar-refractivity contribution >= 4 is 11.9 Å². The summed E-state index contributed by atoms with van der Waals surface area (Å²) in [5, 5.41) is 10.7. The first-order valence-corrected chi connectivity index (χ1v) is 4.23. The smallest absolute Gasteiger partial charge is 0.325 e. The number of carboxylic acid groups (broad SMARTS) is 1. The quantitative estimate of drug-likeness (QED) is 0.630. The molecule has 0 aliphatic rings. The predicted octanol–water partition coefficient (Wildman–Crippen LogP) is -0.422. The standard InChI is InChI=1S/C9H10N2O4/c1-5(9(14)15)11-8(13)6-3-2-4-10-7(6)12/h2-5H,1H3,(H,10,12)(H,11,13)(H,14,15)/t5-/m0/s1. The van der Waals surface area contributed by atoms with E-state index in [9.17, 15) is 14.4 Å². The van der Waals surface area contributed by atoms with E-state index in [1.165, 1.54) is 25.3 Å². The van der Waals surface area contributed by atoms with Gasteiger partial charge in [0, 0.05) is 6.20 Å². The van der Waals surface area contributed by atoms with Crippen molar-refractivity contribution in [1.29, 1.82) is 0 Å². The van der Waals surface area contributed by atoms with Crippen LogP contribution in [0.4, 0.5) is 0 Å². The molecule has 1 heterocycles. The van der Waals surface area contributed by atoms with Crippen LogP contribution in [0.1, 0.15) is 17.3 Å². The molecule has 15 heavy (non-hydrogen) atoms. The van der Waals surface area contributed by atoms with Gasteiger partial charge in [-0.1, -0.05) is 0 Å². The topological polar surface area (TPSA) is 99.3 Å². The maximum Gasteiger partial charge on any atom is 0.325 e. The molecule has 0 radical (unpaired) electrons.